The van der Waals surface area contributed by atoms with Gasteiger partial charge in [0.25, 0.3) is 0 Å². The Morgan fingerprint density at radius 1 is 1.44 bits per heavy atom. The van der Waals surface area contributed by atoms with Crippen LogP contribution < -0.4 is 15.8 Å². The molecule has 4 heteroatoms. The Morgan fingerprint density at radius 2 is 2.12 bits per heavy atom. The largest absolute Gasteiger partial charge is 0.492 e. The van der Waals surface area contributed by atoms with Gasteiger partial charge >= 0.3 is 0 Å². The molecule has 0 aliphatic rings. The molecule has 0 bridgehead atoms. The maximum Gasteiger partial charge on any atom is 0.237 e. The third-order valence-corrected chi connectivity index (χ3v) is 2.19. The van der Waals surface area contributed by atoms with E-state index in [-0.39, 0.29) is 5.91 Å². The molecule has 1 rings (SSSR count). The topological polar surface area (TPSA) is 64.4 Å². The van der Waals surface area contributed by atoms with Crippen LogP contribution in [-0.2, 0) is 4.79 Å². The second-order valence-corrected chi connectivity index (χ2v) is 3.47. The Hall–Kier alpha value is -1.55. The molecule has 1 atom stereocenters. The molecule has 3 N–H and O–H groups in total. The number of nitrogens with one attached hydrogen (secondary N) is 1. The van der Waals surface area contributed by atoms with Gasteiger partial charge in [-0.2, -0.15) is 0 Å². The first-order chi connectivity index (χ1) is 7.74. The van der Waals surface area contributed by atoms with Gasteiger partial charge in [-0.1, -0.05) is 25.1 Å². The van der Waals surface area contributed by atoms with E-state index in [9.17, 15) is 4.79 Å². The quantitative estimate of drug-likeness (QED) is 0.703. The molecular formula is C12H18N2O2. The van der Waals surface area contributed by atoms with Crippen molar-refractivity contribution in [1.29, 1.82) is 0 Å². The molecule has 0 heterocycles. The van der Waals surface area contributed by atoms with Crippen molar-refractivity contribution in [3.05, 3.63) is 30.3 Å². The van der Waals surface area contributed by atoms with Crippen molar-refractivity contribution in [2.75, 3.05) is 13.2 Å². The van der Waals surface area contributed by atoms with Crippen LogP contribution >= 0.6 is 0 Å². The molecule has 0 spiro atoms. The molecule has 0 radical (unpaired) electrons. The van der Waals surface area contributed by atoms with E-state index in [0.29, 0.717) is 19.6 Å². The average Bonchev–Trinajstić information content (AvgIpc) is 2.34. The van der Waals surface area contributed by atoms with Crippen LogP contribution in [-0.4, -0.2) is 25.1 Å². The average molecular weight is 222 g/mol. The first-order valence-electron chi connectivity index (χ1n) is 5.45. The van der Waals surface area contributed by atoms with Gasteiger partial charge in [-0.05, 0) is 18.6 Å². The van der Waals surface area contributed by atoms with E-state index < -0.39 is 6.04 Å². The first-order valence-corrected chi connectivity index (χ1v) is 5.45. The molecule has 16 heavy (non-hydrogen) atoms. The van der Waals surface area contributed by atoms with Crippen LogP contribution in [0.25, 0.3) is 0 Å². The summed E-state index contributed by atoms with van der Waals surface area (Å²) in [5.74, 6) is 0.677. The molecule has 4 nitrogen and oxygen atoms in total. The van der Waals surface area contributed by atoms with Gasteiger partial charge in [0.15, 0.2) is 0 Å². The lowest BCUT2D eigenvalue weighted by molar-refractivity contribution is -0.122. The summed E-state index contributed by atoms with van der Waals surface area (Å²) in [5.41, 5.74) is 5.56. The lowest BCUT2D eigenvalue weighted by atomic mass is 10.2. The lowest BCUT2D eigenvalue weighted by Crippen LogP contribution is -2.41. The molecule has 0 saturated heterocycles. The highest BCUT2D eigenvalue weighted by Crippen LogP contribution is 2.07. The summed E-state index contributed by atoms with van der Waals surface area (Å²) in [4.78, 5) is 11.3. The fourth-order valence-electron chi connectivity index (χ4n) is 1.18. The van der Waals surface area contributed by atoms with Gasteiger partial charge in [0.2, 0.25) is 5.91 Å². The summed E-state index contributed by atoms with van der Waals surface area (Å²) in [6.45, 7) is 2.80. The molecule has 1 aromatic rings. The summed E-state index contributed by atoms with van der Waals surface area (Å²) >= 11 is 0. The minimum Gasteiger partial charge on any atom is -0.492 e. The van der Waals surface area contributed by atoms with Gasteiger partial charge in [0, 0.05) is 0 Å². The number of ether oxygens (including phenoxy) is 1. The molecule has 0 aliphatic heterocycles. The molecule has 0 aliphatic carbocycles. The minimum absolute atomic E-state index is 0.126. The van der Waals surface area contributed by atoms with Crippen LogP contribution in [0.2, 0.25) is 0 Å². The zero-order valence-electron chi connectivity index (χ0n) is 9.48. The Kier molecular flexibility index (Phi) is 5.36. The van der Waals surface area contributed by atoms with E-state index in [1.54, 1.807) is 0 Å². The minimum atomic E-state index is -0.420. The monoisotopic (exact) mass is 222 g/mol. The van der Waals surface area contributed by atoms with Crippen molar-refractivity contribution in [2.24, 2.45) is 5.73 Å². The lowest BCUT2D eigenvalue weighted by Gasteiger charge is -2.10. The molecule has 0 aromatic heterocycles. The number of amides is 1. The van der Waals surface area contributed by atoms with Crippen LogP contribution in [0, 0.1) is 0 Å². The molecule has 0 unspecified atom stereocenters. The SMILES string of the molecule is CC[C@H](N)C(=O)NCCOc1ccccc1. The van der Waals surface area contributed by atoms with E-state index in [1.807, 2.05) is 37.3 Å². The Balaban J connectivity index is 2.15. The highest BCUT2D eigenvalue weighted by atomic mass is 16.5. The highest BCUT2D eigenvalue weighted by Gasteiger charge is 2.09. The fraction of sp³-hybridized carbons (Fsp3) is 0.417. The normalized spacial score (nSPS) is 11.9. The third kappa shape index (κ3) is 4.31. The number of para-hydroxylation sites is 1. The van der Waals surface area contributed by atoms with E-state index in [0.717, 1.165) is 5.75 Å². The van der Waals surface area contributed by atoms with Crippen molar-refractivity contribution in [2.45, 2.75) is 19.4 Å². The molecule has 0 fully saturated rings. The van der Waals surface area contributed by atoms with E-state index in [2.05, 4.69) is 5.32 Å². The van der Waals surface area contributed by atoms with Crippen molar-refractivity contribution in [3.8, 4) is 5.75 Å². The smallest absolute Gasteiger partial charge is 0.237 e. The zero-order valence-corrected chi connectivity index (χ0v) is 9.48. The van der Waals surface area contributed by atoms with Crippen molar-refractivity contribution in [1.82, 2.24) is 5.32 Å². The number of carbonyl (C=O) groups is 1. The predicted molar refractivity (Wildman–Crippen MR) is 63.2 cm³/mol. The predicted octanol–water partition coefficient (Wildman–Crippen LogP) is 0.919. The number of hydrogen-bond acceptors (Lipinski definition) is 3. The van der Waals surface area contributed by atoms with Gasteiger partial charge in [-0.25, -0.2) is 0 Å². The number of nitrogens with two attached hydrogens (primary N) is 1. The third-order valence-electron chi connectivity index (χ3n) is 2.19. The summed E-state index contributed by atoms with van der Waals surface area (Å²) in [5, 5.41) is 2.71. The molecule has 1 amide bonds. The van der Waals surface area contributed by atoms with E-state index in [4.69, 9.17) is 10.5 Å². The van der Waals surface area contributed by atoms with Gasteiger partial charge in [-0.15, -0.1) is 0 Å². The van der Waals surface area contributed by atoms with Gasteiger partial charge in [-0.3, -0.25) is 4.79 Å². The van der Waals surface area contributed by atoms with Crippen LogP contribution in [0.3, 0.4) is 0 Å². The highest BCUT2D eigenvalue weighted by molar-refractivity contribution is 5.81. The van der Waals surface area contributed by atoms with Crippen LogP contribution in [0.4, 0.5) is 0 Å². The Labute approximate surface area is 95.8 Å². The molecule has 1 aromatic carbocycles. The summed E-state index contributed by atoms with van der Waals surface area (Å²) in [6.07, 6.45) is 0.644. The van der Waals surface area contributed by atoms with Gasteiger partial charge < -0.3 is 15.8 Å². The Bertz CT molecular complexity index is 314. The summed E-state index contributed by atoms with van der Waals surface area (Å²) < 4.78 is 5.41. The summed E-state index contributed by atoms with van der Waals surface area (Å²) in [6, 6.07) is 9.06. The van der Waals surface area contributed by atoms with Crippen LogP contribution in [0.5, 0.6) is 5.75 Å². The number of rotatable bonds is 6. The number of hydrogen-bond donors (Lipinski definition) is 2. The maximum absolute atomic E-state index is 11.3. The zero-order chi connectivity index (χ0) is 11.8. The number of carbonyl (C=O) groups excluding carboxylic acids is 1. The summed E-state index contributed by atoms with van der Waals surface area (Å²) in [7, 11) is 0. The van der Waals surface area contributed by atoms with Crippen LogP contribution in [0.1, 0.15) is 13.3 Å². The first kappa shape index (κ1) is 12.5. The fourth-order valence-corrected chi connectivity index (χ4v) is 1.18. The Morgan fingerprint density at radius 3 is 2.75 bits per heavy atom. The van der Waals surface area contributed by atoms with Crippen molar-refractivity contribution >= 4 is 5.91 Å². The van der Waals surface area contributed by atoms with Crippen molar-refractivity contribution < 1.29 is 9.53 Å². The van der Waals surface area contributed by atoms with Crippen LogP contribution in [0.15, 0.2) is 30.3 Å². The molecule has 88 valence electrons. The molecule has 0 saturated carbocycles. The standard InChI is InChI=1S/C12H18N2O2/c1-2-11(13)12(15)14-8-9-16-10-6-4-3-5-7-10/h3-7,11H,2,8-9,13H2,1H3,(H,14,15)/t11-/m0/s1. The second-order valence-electron chi connectivity index (χ2n) is 3.47. The second kappa shape index (κ2) is 6.85. The molecular weight excluding hydrogens is 204 g/mol. The van der Waals surface area contributed by atoms with E-state index in [1.165, 1.54) is 0 Å². The van der Waals surface area contributed by atoms with Gasteiger partial charge in [0.05, 0.1) is 12.6 Å². The van der Waals surface area contributed by atoms with E-state index >= 15 is 0 Å². The maximum atomic E-state index is 11.3. The number of benzene rings is 1. The van der Waals surface area contributed by atoms with Gasteiger partial charge in [0.1, 0.15) is 12.4 Å². The van der Waals surface area contributed by atoms with Crippen molar-refractivity contribution in [3.63, 3.8) is 0 Å².